The van der Waals surface area contributed by atoms with Crippen LogP contribution in [0.3, 0.4) is 0 Å². The summed E-state index contributed by atoms with van der Waals surface area (Å²) in [4.78, 5) is 39.3. The quantitative estimate of drug-likeness (QED) is 0.724. The molecule has 1 saturated heterocycles. The second kappa shape index (κ2) is 5.36. The Morgan fingerprint density at radius 3 is 2.60 bits per heavy atom. The van der Waals surface area contributed by atoms with Gasteiger partial charge in [-0.3, -0.25) is 9.59 Å². The summed E-state index contributed by atoms with van der Waals surface area (Å²) in [6, 6.07) is 0. The maximum Gasteiger partial charge on any atom is 0.352 e. The number of hydrogen-bond acceptors (Lipinski definition) is 3. The number of H-pyrrole nitrogens is 1. The molecule has 108 valence electrons. The summed E-state index contributed by atoms with van der Waals surface area (Å²) in [5.74, 6) is -1.60. The van der Waals surface area contributed by atoms with Crippen molar-refractivity contribution in [3.8, 4) is 0 Å². The van der Waals surface area contributed by atoms with Crippen LogP contribution < -0.4 is 5.32 Å². The number of nitrogens with zero attached hydrogens (tertiary/aromatic N) is 1. The van der Waals surface area contributed by atoms with Crippen LogP contribution in [0.5, 0.6) is 0 Å². The summed E-state index contributed by atoms with van der Waals surface area (Å²) in [5.41, 5.74) is 1.28. The SMILES string of the molecule is Cc1[nH]c(C(=O)O)c(C)c1C(=O)N1CCCNC(=O)C1. The summed E-state index contributed by atoms with van der Waals surface area (Å²) in [7, 11) is 0. The van der Waals surface area contributed by atoms with Gasteiger partial charge >= 0.3 is 5.97 Å². The minimum atomic E-state index is -1.10. The van der Waals surface area contributed by atoms with E-state index in [4.69, 9.17) is 5.11 Å². The van der Waals surface area contributed by atoms with Crippen molar-refractivity contribution in [2.45, 2.75) is 20.3 Å². The summed E-state index contributed by atoms with van der Waals surface area (Å²) >= 11 is 0. The van der Waals surface area contributed by atoms with Gasteiger partial charge in [0.15, 0.2) is 0 Å². The van der Waals surface area contributed by atoms with E-state index >= 15 is 0 Å². The number of carboxylic acids is 1. The van der Waals surface area contributed by atoms with Crippen molar-refractivity contribution in [3.05, 3.63) is 22.5 Å². The predicted octanol–water partition coefficient (Wildman–Crippen LogP) is 0.292. The van der Waals surface area contributed by atoms with Crippen LogP contribution in [0.4, 0.5) is 0 Å². The fraction of sp³-hybridized carbons (Fsp3) is 0.462. The molecule has 0 atom stereocenters. The molecule has 0 aromatic carbocycles. The fourth-order valence-electron chi connectivity index (χ4n) is 2.42. The van der Waals surface area contributed by atoms with E-state index in [2.05, 4.69) is 10.3 Å². The molecule has 7 heteroatoms. The molecule has 1 aromatic rings. The molecular weight excluding hydrogens is 262 g/mol. The highest BCUT2D eigenvalue weighted by atomic mass is 16.4. The third-order valence-corrected chi connectivity index (χ3v) is 3.41. The highest BCUT2D eigenvalue weighted by Gasteiger charge is 2.27. The molecule has 1 aliphatic heterocycles. The molecule has 20 heavy (non-hydrogen) atoms. The molecule has 2 heterocycles. The van der Waals surface area contributed by atoms with E-state index < -0.39 is 5.97 Å². The molecule has 1 fully saturated rings. The number of aromatic amines is 1. The minimum Gasteiger partial charge on any atom is -0.477 e. The molecular formula is C13H17N3O4. The van der Waals surface area contributed by atoms with Gasteiger partial charge in [-0.05, 0) is 25.8 Å². The Morgan fingerprint density at radius 1 is 1.30 bits per heavy atom. The van der Waals surface area contributed by atoms with Gasteiger partial charge in [-0.2, -0.15) is 0 Å². The molecule has 1 aromatic heterocycles. The maximum absolute atomic E-state index is 12.5. The molecule has 3 N–H and O–H groups in total. The standard InChI is InChI=1S/C13H17N3O4/c1-7-10(8(2)15-11(7)13(19)20)12(18)16-5-3-4-14-9(17)6-16/h15H,3-6H2,1-2H3,(H,14,17)(H,19,20). The maximum atomic E-state index is 12.5. The predicted molar refractivity (Wildman–Crippen MR) is 70.8 cm³/mol. The molecule has 7 nitrogen and oxygen atoms in total. The first kappa shape index (κ1) is 14.1. The van der Waals surface area contributed by atoms with Crippen LogP contribution in [0.2, 0.25) is 0 Å². The zero-order chi connectivity index (χ0) is 14.9. The van der Waals surface area contributed by atoms with Gasteiger partial charge in [-0.15, -0.1) is 0 Å². The Kier molecular flexibility index (Phi) is 3.78. The molecule has 1 aliphatic rings. The van der Waals surface area contributed by atoms with Crippen molar-refractivity contribution in [2.75, 3.05) is 19.6 Å². The average Bonchev–Trinajstić information content (AvgIpc) is 2.56. The number of nitrogens with one attached hydrogen (secondary N) is 2. The van der Waals surface area contributed by atoms with Crippen LogP contribution >= 0.6 is 0 Å². The Morgan fingerprint density at radius 2 is 2.00 bits per heavy atom. The van der Waals surface area contributed by atoms with Crippen molar-refractivity contribution in [1.82, 2.24) is 15.2 Å². The normalized spacial score (nSPS) is 15.7. The van der Waals surface area contributed by atoms with Gasteiger partial charge in [0.25, 0.3) is 5.91 Å². The molecule has 0 spiro atoms. The Hall–Kier alpha value is -2.31. The van der Waals surface area contributed by atoms with Gasteiger partial charge in [0.1, 0.15) is 5.69 Å². The van der Waals surface area contributed by atoms with Crippen LogP contribution in [-0.2, 0) is 4.79 Å². The first-order chi connectivity index (χ1) is 9.41. The van der Waals surface area contributed by atoms with E-state index in [0.717, 1.165) is 0 Å². The monoisotopic (exact) mass is 279 g/mol. The number of aromatic nitrogens is 1. The highest BCUT2D eigenvalue weighted by molar-refractivity contribution is 6.02. The first-order valence-electron chi connectivity index (χ1n) is 6.40. The third-order valence-electron chi connectivity index (χ3n) is 3.41. The first-order valence-corrected chi connectivity index (χ1v) is 6.40. The average molecular weight is 279 g/mol. The van der Waals surface area contributed by atoms with Crippen LogP contribution in [0.15, 0.2) is 0 Å². The Labute approximate surface area is 116 Å². The van der Waals surface area contributed by atoms with E-state index in [1.807, 2.05) is 0 Å². The van der Waals surface area contributed by atoms with Gasteiger partial charge < -0.3 is 20.3 Å². The summed E-state index contributed by atoms with van der Waals surface area (Å²) in [5, 5.41) is 11.8. The van der Waals surface area contributed by atoms with E-state index in [1.165, 1.54) is 4.90 Å². The van der Waals surface area contributed by atoms with Gasteiger partial charge in [-0.1, -0.05) is 0 Å². The number of hydrogen-bond donors (Lipinski definition) is 3. The van der Waals surface area contributed by atoms with E-state index in [-0.39, 0.29) is 24.1 Å². The number of carbonyl (C=O) groups excluding carboxylic acids is 2. The third kappa shape index (κ3) is 2.52. The van der Waals surface area contributed by atoms with Crippen molar-refractivity contribution in [2.24, 2.45) is 0 Å². The van der Waals surface area contributed by atoms with E-state index in [1.54, 1.807) is 13.8 Å². The van der Waals surface area contributed by atoms with Crippen LogP contribution in [0.1, 0.15) is 38.5 Å². The molecule has 0 aliphatic carbocycles. The second-order valence-electron chi connectivity index (χ2n) is 4.86. The van der Waals surface area contributed by atoms with E-state index in [0.29, 0.717) is 36.3 Å². The zero-order valence-corrected chi connectivity index (χ0v) is 11.4. The van der Waals surface area contributed by atoms with Gasteiger partial charge in [0.2, 0.25) is 5.91 Å². The lowest BCUT2D eigenvalue weighted by molar-refractivity contribution is -0.121. The van der Waals surface area contributed by atoms with Crippen LogP contribution in [-0.4, -0.2) is 52.4 Å². The lowest BCUT2D eigenvalue weighted by Gasteiger charge is -2.19. The molecule has 0 unspecified atom stereocenters. The van der Waals surface area contributed by atoms with Crippen molar-refractivity contribution >= 4 is 17.8 Å². The summed E-state index contributed by atoms with van der Waals surface area (Å²) < 4.78 is 0. The number of aryl methyl sites for hydroxylation is 1. The van der Waals surface area contributed by atoms with Gasteiger partial charge in [-0.25, -0.2) is 4.79 Å². The lowest BCUT2D eigenvalue weighted by Crippen LogP contribution is -2.37. The van der Waals surface area contributed by atoms with Crippen LogP contribution in [0.25, 0.3) is 0 Å². The van der Waals surface area contributed by atoms with Gasteiger partial charge in [0, 0.05) is 18.8 Å². The summed E-state index contributed by atoms with van der Waals surface area (Å²) in [6.07, 6.45) is 0.686. The molecule has 2 amide bonds. The largest absolute Gasteiger partial charge is 0.477 e. The Balaban J connectivity index is 2.33. The fourth-order valence-corrected chi connectivity index (χ4v) is 2.42. The molecule has 0 radical (unpaired) electrons. The zero-order valence-electron chi connectivity index (χ0n) is 11.4. The highest BCUT2D eigenvalue weighted by Crippen LogP contribution is 2.20. The second-order valence-corrected chi connectivity index (χ2v) is 4.86. The van der Waals surface area contributed by atoms with Gasteiger partial charge in [0.05, 0.1) is 12.1 Å². The molecule has 0 saturated carbocycles. The minimum absolute atomic E-state index is 0.00526. The molecule has 0 bridgehead atoms. The lowest BCUT2D eigenvalue weighted by atomic mass is 10.1. The van der Waals surface area contributed by atoms with Crippen molar-refractivity contribution in [3.63, 3.8) is 0 Å². The Bertz CT molecular complexity index is 576. The number of amides is 2. The number of rotatable bonds is 2. The summed E-state index contributed by atoms with van der Waals surface area (Å²) in [6.45, 7) is 4.28. The van der Waals surface area contributed by atoms with Crippen LogP contribution in [0, 0.1) is 13.8 Å². The number of carboxylic acid groups (broad SMARTS) is 1. The number of aromatic carboxylic acids is 1. The molecule has 2 rings (SSSR count). The topological polar surface area (TPSA) is 102 Å². The van der Waals surface area contributed by atoms with Crippen molar-refractivity contribution < 1.29 is 19.5 Å². The smallest absolute Gasteiger partial charge is 0.352 e. The van der Waals surface area contributed by atoms with Crippen molar-refractivity contribution in [1.29, 1.82) is 0 Å². The van der Waals surface area contributed by atoms with E-state index in [9.17, 15) is 14.4 Å². The number of carbonyl (C=O) groups is 3.